The highest BCUT2D eigenvalue weighted by atomic mass is 19.1. The molecule has 0 saturated heterocycles. The maximum Gasteiger partial charge on any atom is 0.152 e. The van der Waals surface area contributed by atoms with Crippen molar-refractivity contribution >= 4 is 28.6 Å². The molecule has 0 radical (unpaired) electrons. The fraction of sp³-hybridized carbons (Fsp3) is 0. The number of anilines is 2. The predicted octanol–water partition coefficient (Wildman–Crippen LogP) is 4.07. The van der Waals surface area contributed by atoms with Gasteiger partial charge in [0.2, 0.25) is 0 Å². The fourth-order valence-corrected chi connectivity index (χ4v) is 2.09. The van der Waals surface area contributed by atoms with Crippen LogP contribution in [0, 0.1) is 11.6 Å². The van der Waals surface area contributed by atoms with Crippen LogP contribution in [-0.2, 0) is 0 Å². The first kappa shape index (κ1) is 13.2. The minimum atomic E-state index is -0.486. The molecule has 0 unspecified atom stereocenters. The number of pyridine rings is 1. The van der Waals surface area contributed by atoms with Crippen LogP contribution in [0.4, 0.5) is 20.2 Å². The smallest absolute Gasteiger partial charge is 0.152 e. The average molecular weight is 284 g/mol. The third kappa shape index (κ3) is 2.45. The number of fused-ring (bicyclic) bond motifs is 1. The van der Waals surface area contributed by atoms with E-state index in [0.717, 1.165) is 0 Å². The lowest BCUT2D eigenvalue weighted by atomic mass is 10.1. The molecular weight excluding hydrogens is 274 g/mol. The molecule has 0 atom stereocenters. The summed E-state index contributed by atoms with van der Waals surface area (Å²) in [5.74, 6) is -0.903. The number of rotatable bonds is 3. The van der Waals surface area contributed by atoms with E-state index in [0.29, 0.717) is 17.5 Å². The molecule has 21 heavy (non-hydrogen) atoms. The van der Waals surface area contributed by atoms with Gasteiger partial charge in [0.1, 0.15) is 11.6 Å². The summed E-state index contributed by atoms with van der Waals surface area (Å²) in [7, 11) is 0. The van der Waals surface area contributed by atoms with Gasteiger partial charge in [0, 0.05) is 10.9 Å². The van der Waals surface area contributed by atoms with Gasteiger partial charge < -0.3 is 5.32 Å². The van der Waals surface area contributed by atoms with Crippen molar-refractivity contribution in [2.45, 2.75) is 0 Å². The summed E-state index contributed by atoms with van der Waals surface area (Å²) < 4.78 is 27.4. The molecule has 0 aliphatic carbocycles. The standard InChI is InChI=1S/C16H10F2N2O/c17-13-6-5-10(9-21)16-12(13)7-11(8-19-16)20-15-4-2-1-3-14(15)18/h1-9,20H. The second-order valence-corrected chi connectivity index (χ2v) is 4.48. The second kappa shape index (κ2) is 5.28. The highest BCUT2D eigenvalue weighted by Gasteiger charge is 2.09. The van der Waals surface area contributed by atoms with E-state index in [9.17, 15) is 13.6 Å². The molecule has 1 aromatic heterocycles. The number of carbonyl (C=O) groups excluding carboxylic acids is 1. The lowest BCUT2D eigenvalue weighted by Gasteiger charge is -2.09. The maximum absolute atomic E-state index is 13.8. The van der Waals surface area contributed by atoms with Crippen LogP contribution in [-0.4, -0.2) is 11.3 Å². The Balaban J connectivity index is 2.07. The molecule has 3 rings (SSSR count). The van der Waals surface area contributed by atoms with Gasteiger partial charge in [-0.05, 0) is 30.3 Å². The molecular formula is C16H10F2N2O. The Bertz CT molecular complexity index is 834. The van der Waals surface area contributed by atoms with E-state index in [2.05, 4.69) is 10.3 Å². The number of hydrogen-bond donors (Lipinski definition) is 1. The summed E-state index contributed by atoms with van der Waals surface area (Å²) in [4.78, 5) is 15.0. The molecule has 3 nitrogen and oxygen atoms in total. The number of halogens is 2. The van der Waals surface area contributed by atoms with Gasteiger partial charge in [-0.15, -0.1) is 0 Å². The minimum Gasteiger partial charge on any atom is -0.352 e. The monoisotopic (exact) mass is 284 g/mol. The highest BCUT2D eigenvalue weighted by molar-refractivity contribution is 5.96. The van der Waals surface area contributed by atoms with Crippen molar-refractivity contribution in [2.24, 2.45) is 0 Å². The van der Waals surface area contributed by atoms with Crippen LogP contribution < -0.4 is 5.32 Å². The first-order valence-corrected chi connectivity index (χ1v) is 6.24. The van der Waals surface area contributed by atoms with Crippen LogP contribution in [0.5, 0.6) is 0 Å². The normalized spacial score (nSPS) is 10.6. The molecule has 5 heteroatoms. The Kier molecular flexibility index (Phi) is 3.31. The van der Waals surface area contributed by atoms with Gasteiger partial charge in [-0.25, -0.2) is 8.78 Å². The van der Waals surface area contributed by atoms with Gasteiger partial charge in [0.25, 0.3) is 0 Å². The van der Waals surface area contributed by atoms with E-state index >= 15 is 0 Å². The zero-order valence-corrected chi connectivity index (χ0v) is 10.8. The van der Waals surface area contributed by atoms with Crippen molar-refractivity contribution in [2.75, 3.05) is 5.32 Å². The molecule has 0 aliphatic rings. The van der Waals surface area contributed by atoms with Crippen LogP contribution in [0.25, 0.3) is 10.9 Å². The van der Waals surface area contributed by atoms with Gasteiger partial charge in [-0.1, -0.05) is 12.1 Å². The Labute approximate surface area is 119 Å². The molecule has 3 aromatic rings. The molecule has 104 valence electrons. The number of aromatic nitrogens is 1. The predicted molar refractivity (Wildman–Crippen MR) is 76.8 cm³/mol. The molecule has 1 N–H and O–H groups in total. The van der Waals surface area contributed by atoms with Crippen LogP contribution in [0.2, 0.25) is 0 Å². The summed E-state index contributed by atoms with van der Waals surface area (Å²) >= 11 is 0. The number of nitrogens with one attached hydrogen (secondary N) is 1. The Morgan fingerprint density at radius 3 is 2.62 bits per heavy atom. The van der Waals surface area contributed by atoms with Crippen molar-refractivity contribution in [1.29, 1.82) is 0 Å². The molecule has 0 fully saturated rings. The number of hydrogen-bond acceptors (Lipinski definition) is 3. The van der Waals surface area contributed by atoms with Crippen molar-refractivity contribution in [3.05, 3.63) is 65.9 Å². The van der Waals surface area contributed by atoms with Crippen molar-refractivity contribution in [3.8, 4) is 0 Å². The van der Waals surface area contributed by atoms with Gasteiger partial charge in [0.15, 0.2) is 6.29 Å². The first-order chi connectivity index (χ1) is 10.2. The minimum absolute atomic E-state index is 0.209. The van der Waals surface area contributed by atoms with Gasteiger partial charge >= 0.3 is 0 Å². The average Bonchev–Trinajstić information content (AvgIpc) is 2.50. The van der Waals surface area contributed by atoms with Gasteiger partial charge in [-0.3, -0.25) is 9.78 Å². The SMILES string of the molecule is O=Cc1ccc(F)c2cc(Nc3ccccc3F)cnc12. The summed E-state index contributed by atoms with van der Waals surface area (Å²) in [6.07, 6.45) is 2.06. The van der Waals surface area contributed by atoms with Crippen LogP contribution in [0.1, 0.15) is 10.4 Å². The van der Waals surface area contributed by atoms with E-state index in [1.165, 1.54) is 30.5 Å². The molecule has 0 aliphatic heterocycles. The van der Waals surface area contributed by atoms with Crippen LogP contribution in [0.3, 0.4) is 0 Å². The van der Waals surface area contributed by atoms with Crippen molar-refractivity contribution in [3.63, 3.8) is 0 Å². The number of aldehydes is 1. The van der Waals surface area contributed by atoms with E-state index < -0.39 is 11.6 Å². The Morgan fingerprint density at radius 2 is 1.86 bits per heavy atom. The number of benzene rings is 2. The Morgan fingerprint density at radius 1 is 1.05 bits per heavy atom. The molecule has 2 aromatic carbocycles. The first-order valence-electron chi connectivity index (χ1n) is 6.24. The van der Waals surface area contributed by atoms with Gasteiger partial charge in [0.05, 0.1) is 23.1 Å². The van der Waals surface area contributed by atoms with Gasteiger partial charge in [-0.2, -0.15) is 0 Å². The highest BCUT2D eigenvalue weighted by Crippen LogP contribution is 2.25. The number of nitrogens with zero attached hydrogens (tertiary/aromatic N) is 1. The zero-order valence-electron chi connectivity index (χ0n) is 10.8. The molecule has 0 bridgehead atoms. The van der Waals surface area contributed by atoms with E-state index in [-0.39, 0.29) is 16.6 Å². The molecule has 1 heterocycles. The topological polar surface area (TPSA) is 42.0 Å². The van der Waals surface area contributed by atoms with E-state index in [1.54, 1.807) is 18.2 Å². The number of carbonyl (C=O) groups is 1. The lowest BCUT2D eigenvalue weighted by Crippen LogP contribution is -1.96. The molecule has 0 amide bonds. The summed E-state index contributed by atoms with van der Waals surface area (Å²) in [5, 5.41) is 3.05. The largest absolute Gasteiger partial charge is 0.352 e. The zero-order chi connectivity index (χ0) is 14.8. The Hall–Kier alpha value is -2.82. The lowest BCUT2D eigenvalue weighted by molar-refractivity contribution is 0.112. The number of para-hydroxylation sites is 1. The van der Waals surface area contributed by atoms with E-state index in [4.69, 9.17) is 0 Å². The van der Waals surface area contributed by atoms with E-state index in [1.807, 2.05) is 0 Å². The maximum atomic E-state index is 13.8. The summed E-state index contributed by atoms with van der Waals surface area (Å²) in [6, 6.07) is 10.2. The van der Waals surface area contributed by atoms with Crippen LogP contribution in [0.15, 0.2) is 48.7 Å². The third-order valence-electron chi connectivity index (χ3n) is 3.11. The third-order valence-corrected chi connectivity index (χ3v) is 3.11. The van der Waals surface area contributed by atoms with Crippen molar-refractivity contribution < 1.29 is 13.6 Å². The van der Waals surface area contributed by atoms with Crippen molar-refractivity contribution in [1.82, 2.24) is 4.98 Å². The fourth-order valence-electron chi connectivity index (χ4n) is 2.09. The summed E-state index contributed by atoms with van der Waals surface area (Å²) in [6.45, 7) is 0. The second-order valence-electron chi connectivity index (χ2n) is 4.48. The summed E-state index contributed by atoms with van der Waals surface area (Å²) in [5.41, 5.74) is 1.30. The molecule has 0 saturated carbocycles. The quantitative estimate of drug-likeness (QED) is 0.737. The molecule has 0 spiro atoms. The van der Waals surface area contributed by atoms with Crippen LogP contribution >= 0.6 is 0 Å².